The summed E-state index contributed by atoms with van der Waals surface area (Å²) >= 11 is 1.39. The van der Waals surface area contributed by atoms with Gasteiger partial charge in [0.2, 0.25) is 5.91 Å². The van der Waals surface area contributed by atoms with Crippen molar-refractivity contribution in [3.63, 3.8) is 0 Å². The third-order valence-electron chi connectivity index (χ3n) is 3.67. The van der Waals surface area contributed by atoms with Crippen molar-refractivity contribution >= 4 is 28.7 Å². The van der Waals surface area contributed by atoms with Crippen LogP contribution in [0.1, 0.15) is 5.56 Å². The summed E-state index contributed by atoms with van der Waals surface area (Å²) in [6.07, 6.45) is 1.81. The van der Waals surface area contributed by atoms with Crippen molar-refractivity contribution in [3.8, 4) is 0 Å². The highest BCUT2D eigenvalue weighted by Gasteiger charge is 2.12. The molecular weight excluding hydrogens is 337 g/mol. The van der Waals surface area contributed by atoms with E-state index in [1.165, 1.54) is 23.9 Å². The quantitative estimate of drug-likeness (QED) is 0.518. The molecule has 0 unspecified atom stereocenters. The summed E-state index contributed by atoms with van der Waals surface area (Å²) in [6.45, 7) is 4.80. The Morgan fingerprint density at radius 2 is 2.00 bits per heavy atom. The molecule has 1 N–H and O–H groups in total. The first-order valence-corrected chi connectivity index (χ1v) is 8.86. The van der Waals surface area contributed by atoms with Crippen LogP contribution in [0.2, 0.25) is 0 Å². The molecule has 0 saturated carbocycles. The van der Waals surface area contributed by atoms with Crippen LogP contribution in [0.15, 0.2) is 66.3 Å². The zero-order valence-corrected chi connectivity index (χ0v) is 14.4. The van der Waals surface area contributed by atoms with Crippen LogP contribution in [0.3, 0.4) is 0 Å². The molecule has 4 nitrogen and oxygen atoms in total. The molecule has 0 spiro atoms. The van der Waals surface area contributed by atoms with Gasteiger partial charge in [0, 0.05) is 13.1 Å². The first-order chi connectivity index (χ1) is 12.2. The third kappa shape index (κ3) is 4.28. The normalized spacial score (nSPS) is 10.8. The van der Waals surface area contributed by atoms with E-state index in [0.717, 1.165) is 21.8 Å². The second-order valence-electron chi connectivity index (χ2n) is 5.47. The zero-order valence-electron chi connectivity index (χ0n) is 13.6. The van der Waals surface area contributed by atoms with E-state index in [2.05, 4.69) is 16.9 Å². The van der Waals surface area contributed by atoms with E-state index < -0.39 is 0 Å². The molecule has 128 valence electrons. The monoisotopic (exact) mass is 355 g/mol. The fourth-order valence-corrected chi connectivity index (χ4v) is 3.31. The number of imidazole rings is 1. The van der Waals surface area contributed by atoms with Crippen LogP contribution in [0.25, 0.3) is 11.0 Å². The number of rotatable bonds is 7. The molecule has 6 heteroatoms. The van der Waals surface area contributed by atoms with Gasteiger partial charge in [0.05, 0.1) is 16.8 Å². The summed E-state index contributed by atoms with van der Waals surface area (Å²) in [4.78, 5) is 16.7. The van der Waals surface area contributed by atoms with E-state index in [4.69, 9.17) is 0 Å². The molecule has 1 amide bonds. The van der Waals surface area contributed by atoms with E-state index in [-0.39, 0.29) is 17.5 Å². The lowest BCUT2D eigenvalue weighted by atomic mass is 10.2. The molecule has 0 aliphatic heterocycles. The average Bonchev–Trinajstić information content (AvgIpc) is 2.98. The minimum Gasteiger partial charge on any atom is -0.351 e. The Hall–Kier alpha value is -2.60. The molecule has 25 heavy (non-hydrogen) atoms. The van der Waals surface area contributed by atoms with Gasteiger partial charge < -0.3 is 9.88 Å². The molecule has 0 fully saturated rings. The van der Waals surface area contributed by atoms with Crippen molar-refractivity contribution in [1.82, 2.24) is 14.9 Å². The van der Waals surface area contributed by atoms with Crippen LogP contribution in [0, 0.1) is 5.82 Å². The number of nitrogens with one attached hydrogen (secondary N) is 1. The molecule has 1 aromatic heterocycles. The molecule has 2 aromatic carbocycles. The molecule has 0 atom stereocenters. The molecule has 0 bridgehead atoms. The minimum atomic E-state index is -0.285. The number of hydrogen-bond donors (Lipinski definition) is 1. The summed E-state index contributed by atoms with van der Waals surface area (Å²) in [5.41, 5.74) is 2.79. The highest BCUT2D eigenvalue weighted by atomic mass is 32.2. The van der Waals surface area contributed by atoms with Gasteiger partial charge in [-0.05, 0) is 29.8 Å². The lowest BCUT2D eigenvalue weighted by Crippen LogP contribution is -2.24. The van der Waals surface area contributed by atoms with Gasteiger partial charge in [-0.3, -0.25) is 4.79 Å². The minimum absolute atomic E-state index is 0.0912. The smallest absolute Gasteiger partial charge is 0.230 e. The van der Waals surface area contributed by atoms with Gasteiger partial charge in [-0.2, -0.15) is 0 Å². The number of hydrogen-bond acceptors (Lipinski definition) is 3. The first kappa shape index (κ1) is 17.2. The summed E-state index contributed by atoms with van der Waals surface area (Å²) < 4.78 is 14.9. The standard InChI is InChI=1S/C19H18FN3OS/c1-2-11-23-17-6-4-3-5-16(17)22-19(23)25-13-18(24)21-12-14-7-9-15(20)10-8-14/h2-10H,1,11-13H2,(H,21,24). The van der Waals surface area contributed by atoms with Crippen LogP contribution in [0.4, 0.5) is 4.39 Å². The number of allylic oxidation sites excluding steroid dienone is 1. The number of carbonyl (C=O) groups excluding carboxylic acids is 1. The second kappa shape index (κ2) is 7.98. The Bertz CT molecular complexity index is 889. The number of para-hydroxylation sites is 2. The highest BCUT2D eigenvalue weighted by Crippen LogP contribution is 2.24. The number of amides is 1. The topological polar surface area (TPSA) is 46.9 Å². The number of fused-ring (bicyclic) bond motifs is 1. The van der Waals surface area contributed by atoms with Crippen molar-refractivity contribution in [1.29, 1.82) is 0 Å². The van der Waals surface area contributed by atoms with Crippen LogP contribution in [-0.4, -0.2) is 21.2 Å². The summed E-state index contributed by atoms with van der Waals surface area (Å²) in [5, 5.41) is 3.62. The van der Waals surface area contributed by atoms with Crippen molar-refractivity contribution in [2.24, 2.45) is 0 Å². The van der Waals surface area contributed by atoms with E-state index in [0.29, 0.717) is 13.1 Å². The molecule has 3 rings (SSSR count). The maximum Gasteiger partial charge on any atom is 0.230 e. The van der Waals surface area contributed by atoms with Crippen molar-refractivity contribution in [2.75, 3.05) is 5.75 Å². The van der Waals surface area contributed by atoms with Crippen LogP contribution < -0.4 is 5.32 Å². The molecule has 0 radical (unpaired) electrons. The van der Waals surface area contributed by atoms with Crippen LogP contribution in [0.5, 0.6) is 0 Å². The van der Waals surface area contributed by atoms with Gasteiger partial charge in [-0.1, -0.05) is 42.1 Å². The lowest BCUT2D eigenvalue weighted by molar-refractivity contribution is -0.118. The van der Waals surface area contributed by atoms with Crippen molar-refractivity contribution in [3.05, 3.63) is 72.6 Å². The third-order valence-corrected chi connectivity index (χ3v) is 4.64. The van der Waals surface area contributed by atoms with Gasteiger partial charge in [-0.15, -0.1) is 6.58 Å². The molecule has 1 heterocycles. The van der Waals surface area contributed by atoms with Gasteiger partial charge in [-0.25, -0.2) is 9.37 Å². The lowest BCUT2D eigenvalue weighted by Gasteiger charge is -2.07. The summed E-state index contributed by atoms with van der Waals surface area (Å²) in [5.74, 6) is -0.111. The first-order valence-electron chi connectivity index (χ1n) is 7.87. The Morgan fingerprint density at radius 1 is 1.24 bits per heavy atom. The van der Waals surface area contributed by atoms with E-state index in [9.17, 15) is 9.18 Å². The van der Waals surface area contributed by atoms with Gasteiger partial charge in [0.1, 0.15) is 5.82 Å². The maximum absolute atomic E-state index is 12.9. The zero-order chi connectivity index (χ0) is 17.6. The number of thioether (sulfide) groups is 1. The Kier molecular flexibility index (Phi) is 5.50. The number of carbonyl (C=O) groups is 1. The summed E-state index contributed by atoms with van der Waals surface area (Å²) in [7, 11) is 0. The Morgan fingerprint density at radius 3 is 2.76 bits per heavy atom. The highest BCUT2D eigenvalue weighted by molar-refractivity contribution is 7.99. The molecule has 0 aliphatic rings. The van der Waals surface area contributed by atoms with E-state index in [1.807, 2.05) is 34.9 Å². The largest absolute Gasteiger partial charge is 0.351 e. The van der Waals surface area contributed by atoms with Crippen molar-refractivity contribution in [2.45, 2.75) is 18.2 Å². The van der Waals surface area contributed by atoms with Gasteiger partial charge >= 0.3 is 0 Å². The van der Waals surface area contributed by atoms with E-state index >= 15 is 0 Å². The molecular formula is C19H18FN3OS. The second-order valence-corrected chi connectivity index (χ2v) is 6.42. The average molecular weight is 355 g/mol. The van der Waals surface area contributed by atoms with Crippen LogP contribution >= 0.6 is 11.8 Å². The van der Waals surface area contributed by atoms with Crippen molar-refractivity contribution < 1.29 is 9.18 Å². The van der Waals surface area contributed by atoms with Crippen LogP contribution in [-0.2, 0) is 17.9 Å². The molecule has 0 aliphatic carbocycles. The number of halogens is 1. The van der Waals surface area contributed by atoms with Gasteiger partial charge in [0.25, 0.3) is 0 Å². The van der Waals surface area contributed by atoms with Gasteiger partial charge in [0.15, 0.2) is 5.16 Å². The fraction of sp³-hybridized carbons (Fsp3) is 0.158. The van der Waals surface area contributed by atoms with E-state index in [1.54, 1.807) is 12.1 Å². The Labute approximate surface area is 149 Å². The number of nitrogens with zero attached hydrogens (tertiary/aromatic N) is 2. The number of benzene rings is 2. The predicted molar refractivity (Wildman–Crippen MR) is 98.9 cm³/mol. The SMILES string of the molecule is C=CCn1c(SCC(=O)NCc2ccc(F)cc2)nc2ccccc21. The Balaban J connectivity index is 1.61. The number of aromatic nitrogens is 2. The predicted octanol–water partition coefficient (Wildman–Crippen LogP) is 3.77. The summed E-state index contributed by atoms with van der Waals surface area (Å²) in [6, 6.07) is 13.9. The molecule has 0 saturated heterocycles. The fourth-order valence-electron chi connectivity index (χ4n) is 2.45. The maximum atomic E-state index is 12.9. The molecule has 3 aromatic rings.